The standard InChI is InChI=1S/C15H15N3O2/c1-16-14-12(15(19)20)8-17-13(18-14)11-6-5-9-3-2-4-10(9)7-11/h5-8H,2-4H2,1H3,(H,19,20)(H,16,17,18). The molecular formula is C15H15N3O2. The van der Waals surface area contributed by atoms with E-state index in [1.807, 2.05) is 6.07 Å². The molecule has 1 heterocycles. The molecule has 3 rings (SSSR count). The van der Waals surface area contributed by atoms with Gasteiger partial charge in [0, 0.05) is 18.8 Å². The Labute approximate surface area is 116 Å². The normalized spacial score (nSPS) is 13.1. The minimum absolute atomic E-state index is 0.0809. The quantitative estimate of drug-likeness (QED) is 0.894. The van der Waals surface area contributed by atoms with Gasteiger partial charge in [0.1, 0.15) is 11.4 Å². The topological polar surface area (TPSA) is 75.1 Å². The average molecular weight is 269 g/mol. The predicted molar refractivity (Wildman–Crippen MR) is 76.0 cm³/mol. The maximum Gasteiger partial charge on any atom is 0.341 e. The number of carboxylic acids is 1. The fraction of sp³-hybridized carbons (Fsp3) is 0.267. The Morgan fingerprint density at radius 3 is 2.85 bits per heavy atom. The first-order valence-electron chi connectivity index (χ1n) is 6.59. The monoisotopic (exact) mass is 269 g/mol. The number of carboxylic acid groups (broad SMARTS) is 1. The van der Waals surface area contributed by atoms with Crippen LogP contribution in [0.15, 0.2) is 24.4 Å². The van der Waals surface area contributed by atoms with Gasteiger partial charge in [-0.3, -0.25) is 0 Å². The van der Waals surface area contributed by atoms with Crippen molar-refractivity contribution in [3.8, 4) is 11.4 Å². The summed E-state index contributed by atoms with van der Waals surface area (Å²) >= 11 is 0. The van der Waals surface area contributed by atoms with Gasteiger partial charge < -0.3 is 10.4 Å². The van der Waals surface area contributed by atoms with E-state index < -0.39 is 5.97 Å². The van der Waals surface area contributed by atoms with E-state index in [-0.39, 0.29) is 5.56 Å². The van der Waals surface area contributed by atoms with E-state index in [9.17, 15) is 4.79 Å². The molecule has 5 heteroatoms. The number of benzene rings is 1. The molecule has 2 N–H and O–H groups in total. The summed E-state index contributed by atoms with van der Waals surface area (Å²) < 4.78 is 0. The maximum absolute atomic E-state index is 11.1. The fourth-order valence-corrected chi connectivity index (χ4v) is 2.58. The van der Waals surface area contributed by atoms with E-state index in [1.54, 1.807) is 7.05 Å². The Balaban J connectivity index is 2.04. The number of aromatic nitrogens is 2. The van der Waals surface area contributed by atoms with Crippen LogP contribution in [-0.2, 0) is 12.8 Å². The maximum atomic E-state index is 11.1. The van der Waals surface area contributed by atoms with Gasteiger partial charge in [0.2, 0.25) is 0 Å². The summed E-state index contributed by atoms with van der Waals surface area (Å²) in [5, 5.41) is 11.9. The zero-order valence-corrected chi connectivity index (χ0v) is 11.2. The molecule has 1 aromatic heterocycles. The molecule has 1 aromatic carbocycles. The third-order valence-electron chi connectivity index (χ3n) is 3.61. The Morgan fingerprint density at radius 1 is 1.30 bits per heavy atom. The van der Waals surface area contributed by atoms with Crippen LogP contribution in [-0.4, -0.2) is 28.1 Å². The van der Waals surface area contributed by atoms with Crippen LogP contribution in [0, 0.1) is 0 Å². The summed E-state index contributed by atoms with van der Waals surface area (Å²) in [7, 11) is 1.65. The van der Waals surface area contributed by atoms with Crippen molar-refractivity contribution < 1.29 is 9.90 Å². The summed E-state index contributed by atoms with van der Waals surface area (Å²) in [5.74, 6) is -0.146. The minimum Gasteiger partial charge on any atom is -0.477 e. The van der Waals surface area contributed by atoms with E-state index in [0.29, 0.717) is 11.6 Å². The minimum atomic E-state index is -1.03. The molecule has 0 radical (unpaired) electrons. The highest BCUT2D eigenvalue weighted by Crippen LogP contribution is 2.27. The molecule has 0 fully saturated rings. The molecule has 0 spiro atoms. The van der Waals surface area contributed by atoms with E-state index in [2.05, 4.69) is 27.4 Å². The number of nitrogens with one attached hydrogen (secondary N) is 1. The molecule has 102 valence electrons. The summed E-state index contributed by atoms with van der Waals surface area (Å²) in [6.45, 7) is 0. The Morgan fingerprint density at radius 2 is 2.10 bits per heavy atom. The van der Waals surface area contributed by atoms with Crippen LogP contribution in [0.1, 0.15) is 27.9 Å². The van der Waals surface area contributed by atoms with Gasteiger partial charge in [0.25, 0.3) is 0 Å². The number of hydrogen-bond acceptors (Lipinski definition) is 4. The predicted octanol–water partition coefficient (Wildman–Crippen LogP) is 2.37. The first-order valence-corrected chi connectivity index (χ1v) is 6.59. The summed E-state index contributed by atoms with van der Waals surface area (Å²) in [6, 6.07) is 6.22. The van der Waals surface area contributed by atoms with Gasteiger partial charge in [-0.25, -0.2) is 14.8 Å². The van der Waals surface area contributed by atoms with Crippen LogP contribution in [0.5, 0.6) is 0 Å². The second-order valence-corrected chi connectivity index (χ2v) is 4.85. The highest BCUT2D eigenvalue weighted by atomic mass is 16.4. The average Bonchev–Trinajstić information content (AvgIpc) is 2.93. The molecule has 0 amide bonds. The van der Waals surface area contributed by atoms with Gasteiger partial charge in [0.15, 0.2) is 5.82 Å². The molecule has 2 aromatic rings. The van der Waals surface area contributed by atoms with Crippen molar-refractivity contribution in [3.05, 3.63) is 41.1 Å². The summed E-state index contributed by atoms with van der Waals surface area (Å²) in [4.78, 5) is 19.5. The van der Waals surface area contributed by atoms with Crippen LogP contribution < -0.4 is 5.32 Å². The number of aryl methyl sites for hydroxylation is 2. The molecule has 5 nitrogen and oxygen atoms in total. The molecule has 0 unspecified atom stereocenters. The zero-order valence-electron chi connectivity index (χ0n) is 11.2. The fourth-order valence-electron chi connectivity index (χ4n) is 2.58. The van der Waals surface area contributed by atoms with Crippen LogP contribution in [0.2, 0.25) is 0 Å². The van der Waals surface area contributed by atoms with Gasteiger partial charge in [-0.2, -0.15) is 0 Å². The highest BCUT2D eigenvalue weighted by molar-refractivity contribution is 5.93. The first kappa shape index (κ1) is 12.6. The number of nitrogens with zero attached hydrogens (tertiary/aromatic N) is 2. The lowest BCUT2D eigenvalue weighted by Gasteiger charge is -2.08. The molecule has 0 atom stereocenters. The van der Waals surface area contributed by atoms with Crippen molar-refractivity contribution in [2.45, 2.75) is 19.3 Å². The van der Waals surface area contributed by atoms with Crippen LogP contribution in [0.4, 0.5) is 5.82 Å². The van der Waals surface area contributed by atoms with Gasteiger partial charge in [0.05, 0.1) is 0 Å². The van der Waals surface area contributed by atoms with E-state index in [1.165, 1.54) is 23.7 Å². The number of fused-ring (bicyclic) bond motifs is 1. The van der Waals surface area contributed by atoms with Crippen LogP contribution in [0.25, 0.3) is 11.4 Å². The number of rotatable bonds is 3. The SMILES string of the molecule is CNc1nc(-c2ccc3c(c2)CCC3)ncc1C(=O)O. The van der Waals surface area contributed by atoms with Crippen molar-refractivity contribution in [1.82, 2.24) is 9.97 Å². The molecule has 20 heavy (non-hydrogen) atoms. The van der Waals surface area contributed by atoms with E-state index in [4.69, 9.17) is 5.11 Å². The molecule has 1 aliphatic carbocycles. The van der Waals surface area contributed by atoms with E-state index >= 15 is 0 Å². The van der Waals surface area contributed by atoms with Crippen LogP contribution >= 0.6 is 0 Å². The second-order valence-electron chi connectivity index (χ2n) is 4.85. The summed E-state index contributed by atoms with van der Waals surface area (Å²) in [5.41, 5.74) is 3.75. The molecule has 0 saturated carbocycles. The first-order chi connectivity index (χ1) is 9.69. The lowest BCUT2D eigenvalue weighted by atomic mass is 10.1. The lowest BCUT2D eigenvalue weighted by molar-refractivity contribution is 0.0697. The zero-order chi connectivity index (χ0) is 14.1. The van der Waals surface area contributed by atoms with E-state index in [0.717, 1.165) is 18.4 Å². The molecule has 0 bridgehead atoms. The Bertz CT molecular complexity index is 683. The molecular weight excluding hydrogens is 254 g/mol. The third kappa shape index (κ3) is 2.11. The van der Waals surface area contributed by atoms with Crippen molar-refractivity contribution >= 4 is 11.8 Å². The largest absolute Gasteiger partial charge is 0.477 e. The highest BCUT2D eigenvalue weighted by Gasteiger charge is 2.15. The second kappa shape index (κ2) is 4.92. The number of aromatic carboxylic acids is 1. The number of anilines is 1. The summed E-state index contributed by atoms with van der Waals surface area (Å²) in [6.07, 6.45) is 4.77. The van der Waals surface area contributed by atoms with Crippen molar-refractivity contribution in [3.63, 3.8) is 0 Å². The van der Waals surface area contributed by atoms with Crippen molar-refractivity contribution in [1.29, 1.82) is 0 Å². The third-order valence-corrected chi connectivity index (χ3v) is 3.61. The van der Waals surface area contributed by atoms with Crippen molar-refractivity contribution in [2.75, 3.05) is 12.4 Å². The molecule has 0 saturated heterocycles. The van der Waals surface area contributed by atoms with Gasteiger partial charge in [-0.05, 0) is 36.5 Å². The molecule has 1 aliphatic rings. The van der Waals surface area contributed by atoms with Crippen LogP contribution in [0.3, 0.4) is 0 Å². The number of hydrogen-bond donors (Lipinski definition) is 2. The van der Waals surface area contributed by atoms with Crippen molar-refractivity contribution in [2.24, 2.45) is 0 Å². The van der Waals surface area contributed by atoms with Gasteiger partial charge in [-0.15, -0.1) is 0 Å². The lowest BCUT2D eigenvalue weighted by Crippen LogP contribution is -2.07. The Hall–Kier alpha value is -2.43. The smallest absolute Gasteiger partial charge is 0.341 e. The van der Waals surface area contributed by atoms with Gasteiger partial charge >= 0.3 is 5.97 Å². The number of carbonyl (C=O) groups is 1. The van der Waals surface area contributed by atoms with Gasteiger partial charge in [-0.1, -0.05) is 12.1 Å². The molecule has 0 aliphatic heterocycles. The Kier molecular flexibility index (Phi) is 3.10.